The van der Waals surface area contributed by atoms with Crippen LogP contribution in [0.25, 0.3) is 0 Å². The number of hydrogen-bond acceptors (Lipinski definition) is 4. The zero-order valence-electron chi connectivity index (χ0n) is 24.1. The monoisotopic (exact) mass is 666 g/mol. The van der Waals surface area contributed by atoms with Crippen molar-refractivity contribution in [3.8, 4) is 0 Å². The van der Waals surface area contributed by atoms with Crippen LogP contribution in [-0.2, 0) is 16.0 Å². The fourth-order valence-corrected chi connectivity index (χ4v) is 5.28. The van der Waals surface area contributed by atoms with Crippen molar-refractivity contribution in [2.45, 2.75) is 58.9 Å². The van der Waals surface area contributed by atoms with Gasteiger partial charge >= 0.3 is 5.97 Å². The number of aryl methyl sites for hydroxylation is 2. The zero-order valence-corrected chi connectivity index (χ0v) is 26.3. The molecule has 0 saturated carbocycles. The maximum absolute atomic E-state index is 13.3. The van der Waals surface area contributed by atoms with Crippen molar-refractivity contribution in [3.05, 3.63) is 111 Å². The average molecular weight is 667 g/mol. The molecule has 1 N–H and O–H groups in total. The van der Waals surface area contributed by atoms with Gasteiger partial charge in [0.1, 0.15) is 6.04 Å². The number of ether oxygens (including phenoxy) is 1. The topological polar surface area (TPSA) is 75.7 Å². The van der Waals surface area contributed by atoms with Gasteiger partial charge in [-0.15, -0.1) is 6.58 Å². The molecule has 6 nitrogen and oxygen atoms in total. The van der Waals surface area contributed by atoms with E-state index in [1.165, 1.54) is 0 Å². The van der Waals surface area contributed by atoms with Gasteiger partial charge in [0.15, 0.2) is 0 Å². The first-order valence-corrected chi connectivity index (χ1v) is 15.1. The lowest BCUT2D eigenvalue weighted by Gasteiger charge is -2.23. The number of nitrogens with one attached hydrogen (secondary N) is 1. The summed E-state index contributed by atoms with van der Waals surface area (Å²) in [5.74, 6) is -0.870. The highest BCUT2D eigenvalue weighted by Crippen LogP contribution is 2.22. The molecule has 0 radical (unpaired) electrons. The summed E-state index contributed by atoms with van der Waals surface area (Å²) >= 11 is 2.16. The van der Waals surface area contributed by atoms with Crippen LogP contribution in [0, 0.1) is 17.4 Å². The van der Waals surface area contributed by atoms with Crippen molar-refractivity contribution < 1.29 is 19.1 Å². The molecular weight excluding hydrogens is 627 g/mol. The Morgan fingerprint density at radius 2 is 1.63 bits per heavy atom. The van der Waals surface area contributed by atoms with Gasteiger partial charge < -0.3 is 15.0 Å². The Labute approximate surface area is 257 Å². The fourth-order valence-electron chi connectivity index (χ4n) is 4.66. The Morgan fingerprint density at radius 3 is 2.27 bits per heavy atom. The van der Waals surface area contributed by atoms with E-state index in [-0.39, 0.29) is 18.2 Å². The quantitative estimate of drug-likeness (QED) is 0.0855. The number of nitrogens with zero attached hydrogens (tertiary/aromatic N) is 1. The van der Waals surface area contributed by atoms with Crippen molar-refractivity contribution in [3.63, 3.8) is 0 Å². The van der Waals surface area contributed by atoms with Crippen LogP contribution in [0.2, 0.25) is 0 Å². The van der Waals surface area contributed by atoms with Crippen LogP contribution in [0.5, 0.6) is 0 Å². The van der Waals surface area contributed by atoms with E-state index in [0.29, 0.717) is 30.0 Å². The third-order valence-corrected chi connectivity index (χ3v) is 7.83. The number of carbonyl (C=O) groups excluding carboxylic acids is 3. The number of benzene rings is 3. The summed E-state index contributed by atoms with van der Waals surface area (Å²) in [6.45, 7) is 10.4. The largest absolute Gasteiger partial charge is 0.464 e. The van der Waals surface area contributed by atoms with Gasteiger partial charge in [0.05, 0.1) is 12.2 Å². The Morgan fingerprint density at radius 1 is 0.951 bits per heavy atom. The molecule has 1 atom stereocenters. The van der Waals surface area contributed by atoms with Crippen LogP contribution < -0.4 is 10.2 Å². The van der Waals surface area contributed by atoms with Crippen molar-refractivity contribution in [2.75, 3.05) is 18.1 Å². The number of unbranched alkanes of at least 4 members (excludes halogenated alkanes) is 3. The molecule has 0 saturated heterocycles. The Hall–Kier alpha value is -3.46. The molecule has 0 spiro atoms. The van der Waals surface area contributed by atoms with Gasteiger partial charge in [0.25, 0.3) is 11.8 Å². The molecule has 1 unspecified atom stereocenters. The van der Waals surface area contributed by atoms with E-state index < -0.39 is 12.0 Å². The van der Waals surface area contributed by atoms with Crippen LogP contribution in [0.1, 0.15) is 70.0 Å². The highest BCUT2D eigenvalue weighted by molar-refractivity contribution is 14.1. The molecule has 0 aliphatic carbocycles. The van der Waals surface area contributed by atoms with E-state index in [0.717, 1.165) is 45.9 Å². The summed E-state index contributed by atoms with van der Waals surface area (Å²) in [4.78, 5) is 41.5. The Balaban J connectivity index is 1.80. The predicted octanol–water partition coefficient (Wildman–Crippen LogP) is 7.21. The molecule has 0 heterocycles. The summed E-state index contributed by atoms with van der Waals surface area (Å²) in [5, 5.41) is 2.93. The summed E-state index contributed by atoms with van der Waals surface area (Å²) in [6, 6.07) is 19.7. The normalized spacial score (nSPS) is 11.4. The van der Waals surface area contributed by atoms with Gasteiger partial charge in [-0.25, -0.2) is 4.79 Å². The van der Waals surface area contributed by atoms with Gasteiger partial charge in [-0.1, -0.05) is 74.7 Å². The molecule has 3 aromatic carbocycles. The summed E-state index contributed by atoms with van der Waals surface area (Å²) in [5.41, 5.74) is 4.43. The summed E-state index contributed by atoms with van der Waals surface area (Å²) < 4.78 is 6.46. The maximum atomic E-state index is 13.3. The lowest BCUT2D eigenvalue weighted by Crippen LogP contribution is -2.44. The molecule has 3 aromatic rings. The van der Waals surface area contributed by atoms with Gasteiger partial charge in [-0.3, -0.25) is 9.59 Å². The van der Waals surface area contributed by atoms with Crippen LogP contribution in [-0.4, -0.2) is 37.0 Å². The van der Waals surface area contributed by atoms with Crippen LogP contribution in [0.3, 0.4) is 0 Å². The van der Waals surface area contributed by atoms with Crippen molar-refractivity contribution >= 4 is 46.1 Å². The van der Waals surface area contributed by atoms with Gasteiger partial charge in [0, 0.05) is 27.8 Å². The molecule has 7 heteroatoms. The van der Waals surface area contributed by atoms with Crippen molar-refractivity contribution in [1.29, 1.82) is 0 Å². The minimum atomic E-state index is -0.852. The molecular formula is C34H39IN2O4. The smallest absolute Gasteiger partial charge is 0.328 e. The number of esters is 1. The molecule has 0 fully saturated rings. The first kappa shape index (κ1) is 32.1. The number of rotatable bonds is 14. The molecule has 0 aliphatic heterocycles. The highest BCUT2D eigenvalue weighted by Gasteiger charge is 2.25. The van der Waals surface area contributed by atoms with Gasteiger partial charge in [0.2, 0.25) is 0 Å². The molecule has 3 rings (SSSR count). The SMILES string of the molecule is C=CCN(C(=O)c1ccccc1I)c1ccc(CC(NC(=O)c2c(C)cccc2C)C(=O)OCCCCCC)cc1. The van der Waals surface area contributed by atoms with E-state index in [1.807, 2.05) is 80.6 Å². The standard InChI is InChI=1S/C34H39IN2O4/c1-5-7-8-11-22-41-34(40)30(36-32(38)31-24(3)13-12-14-25(31)4)23-26-17-19-27(20-18-26)37(21-6-2)33(39)28-15-9-10-16-29(28)35/h6,9-10,12-20,30H,2,5,7-8,11,21-23H2,1,3-4H3,(H,36,38). The summed E-state index contributed by atoms with van der Waals surface area (Å²) in [6.07, 6.45) is 5.92. The third-order valence-electron chi connectivity index (χ3n) is 6.89. The number of amides is 2. The number of anilines is 1. The molecule has 41 heavy (non-hydrogen) atoms. The lowest BCUT2D eigenvalue weighted by molar-refractivity contribution is -0.146. The Kier molecular flexibility index (Phi) is 12.6. The highest BCUT2D eigenvalue weighted by atomic mass is 127. The van der Waals surface area contributed by atoms with E-state index >= 15 is 0 Å². The second kappa shape index (κ2) is 16.1. The van der Waals surface area contributed by atoms with Crippen molar-refractivity contribution in [2.24, 2.45) is 0 Å². The fraction of sp³-hybridized carbons (Fsp3) is 0.324. The molecule has 216 valence electrons. The first-order valence-electron chi connectivity index (χ1n) is 14.1. The predicted molar refractivity (Wildman–Crippen MR) is 173 cm³/mol. The van der Waals surface area contributed by atoms with Gasteiger partial charge in [-0.2, -0.15) is 0 Å². The maximum Gasteiger partial charge on any atom is 0.328 e. The van der Waals surface area contributed by atoms with Crippen molar-refractivity contribution in [1.82, 2.24) is 5.32 Å². The van der Waals surface area contributed by atoms with Gasteiger partial charge in [-0.05, 0) is 83.8 Å². The zero-order chi connectivity index (χ0) is 29.8. The molecule has 0 aliphatic rings. The number of hydrogen-bond donors (Lipinski definition) is 1. The summed E-state index contributed by atoms with van der Waals surface area (Å²) in [7, 11) is 0. The first-order chi connectivity index (χ1) is 19.8. The lowest BCUT2D eigenvalue weighted by atomic mass is 10.0. The molecule has 2 amide bonds. The number of carbonyl (C=O) groups is 3. The minimum Gasteiger partial charge on any atom is -0.464 e. The Bertz CT molecular complexity index is 1330. The van der Waals surface area contributed by atoms with E-state index in [2.05, 4.69) is 41.4 Å². The molecule has 0 bridgehead atoms. The van der Waals surface area contributed by atoms with E-state index in [4.69, 9.17) is 4.74 Å². The molecule has 0 aromatic heterocycles. The second-order valence-electron chi connectivity index (χ2n) is 10.1. The second-order valence-corrected chi connectivity index (χ2v) is 11.2. The minimum absolute atomic E-state index is 0.118. The number of halogens is 1. The van der Waals surface area contributed by atoms with Crippen LogP contribution in [0.15, 0.2) is 79.4 Å². The van der Waals surface area contributed by atoms with Crippen LogP contribution in [0.4, 0.5) is 5.69 Å². The van der Waals surface area contributed by atoms with E-state index in [9.17, 15) is 14.4 Å². The third kappa shape index (κ3) is 9.01. The average Bonchev–Trinajstić information content (AvgIpc) is 2.95. The van der Waals surface area contributed by atoms with Crippen LogP contribution >= 0.6 is 22.6 Å². The van der Waals surface area contributed by atoms with E-state index in [1.54, 1.807) is 11.0 Å².